The molecule has 0 radical (unpaired) electrons. The average Bonchev–Trinajstić information content (AvgIpc) is 2.84. The van der Waals surface area contributed by atoms with Crippen molar-refractivity contribution < 1.29 is 4.79 Å². The molecule has 3 aromatic rings. The maximum absolute atomic E-state index is 12.0. The van der Waals surface area contributed by atoms with E-state index in [1.54, 1.807) is 6.92 Å². The van der Waals surface area contributed by atoms with E-state index in [0.717, 1.165) is 44.5 Å². The van der Waals surface area contributed by atoms with Gasteiger partial charge in [-0.15, -0.1) is 0 Å². The first-order chi connectivity index (χ1) is 10.5. The van der Waals surface area contributed by atoms with Crippen molar-refractivity contribution >= 4 is 44.2 Å². The van der Waals surface area contributed by atoms with Gasteiger partial charge >= 0.3 is 0 Å². The highest BCUT2D eigenvalue weighted by molar-refractivity contribution is 9.10. The van der Waals surface area contributed by atoms with Crippen molar-refractivity contribution in [2.75, 3.05) is 0 Å². The number of carbonyl (C=O) groups is 1. The number of hydrogen-bond acceptors (Lipinski definition) is 1. The van der Waals surface area contributed by atoms with Crippen LogP contribution in [0.15, 0.2) is 46.9 Å². The number of Topliss-reactive ketones (excluding diaryl/α,β-unsaturated/α-hetero) is 1. The summed E-state index contributed by atoms with van der Waals surface area (Å²) in [5.41, 5.74) is 4.00. The maximum atomic E-state index is 12.0. The molecule has 2 aromatic carbocycles. The largest absolute Gasteiger partial charge is 0.358 e. The number of aromatic nitrogens is 1. The van der Waals surface area contributed by atoms with Crippen LogP contribution in [0.1, 0.15) is 28.5 Å². The number of halogens is 2. The first-order valence-electron chi connectivity index (χ1n) is 7.10. The lowest BCUT2D eigenvalue weighted by Gasteiger charge is -2.03. The van der Waals surface area contributed by atoms with Gasteiger partial charge in [0, 0.05) is 31.7 Å². The summed E-state index contributed by atoms with van der Waals surface area (Å²) < 4.78 is 1.00. The monoisotopic (exact) mass is 375 g/mol. The SMILES string of the molecule is CC(=O)c1c(CCc2ccc(Cl)cc2)[nH]c2cc(Br)ccc12. The number of aromatic amines is 1. The molecule has 1 aromatic heterocycles. The molecule has 0 saturated carbocycles. The molecular formula is C18H15BrClNO. The Morgan fingerprint density at radius 3 is 2.55 bits per heavy atom. The van der Waals surface area contributed by atoms with E-state index < -0.39 is 0 Å². The van der Waals surface area contributed by atoms with Gasteiger partial charge in [0.15, 0.2) is 5.78 Å². The molecule has 0 fully saturated rings. The topological polar surface area (TPSA) is 32.9 Å². The minimum atomic E-state index is 0.0969. The molecule has 0 aliphatic heterocycles. The summed E-state index contributed by atoms with van der Waals surface area (Å²) in [6.45, 7) is 1.62. The molecule has 1 heterocycles. The normalized spacial score (nSPS) is 11.0. The Bertz CT molecular complexity index is 836. The number of nitrogens with one attached hydrogen (secondary N) is 1. The Balaban J connectivity index is 1.94. The smallest absolute Gasteiger partial charge is 0.162 e. The lowest BCUT2D eigenvalue weighted by molar-refractivity contribution is 0.101. The first-order valence-corrected chi connectivity index (χ1v) is 8.27. The summed E-state index contributed by atoms with van der Waals surface area (Å²) in [7, 11) is 0. The van der Waals surface area contributed by atoms with E-state index in [1.165, 1.54) is 5.56 Å². The van der Waals surface area contributed by atoms with E-state index in [-0.39, 0.29) is 5.78 Å². The zero-order valence-corrected chi connectivity index (χ0v) is 14.5. The van der Waals surface area contributed by atoms with Crippen LogP contribution < -0.4 is 0 Å². The molecule has 112 valence electrons. The van der Waals surface area contributed by atoms with Crippen LogP contribution in [-0.2, 0) is 12.8 Å². The zero-order valence-electron chi connectivity index (χ0n) is 12.1. The molecule has 1 N–H and O–H groups in total. The zero-order chi connectivity index (χ0) is 15.7. The van der Waals surface area contributed by atoms with Crippen LogP contribution in [0.4, 0.5) is 0 Å². The van der Waals surface area contributed by atoms with Gasteiger partial charge in [0.05, 0.1) is 0 Å². The molecular weight excluding hydrogens is 362 g/mol. The van der Waals surface area contributed by atoms with Gasteiger partial charge < -0.3 is 4.98 Å². The van der Waals surface area contributed by atoms with Crippen molar-refractivity contribution in [2.45, 2.75) is 19.8 Å². The Morgan fingerprint density at radius 2 is 1.86 bits per heavy atom. The molecule has 0 saturated heterocycles. The van der Waals surface area contributed by atoms with E-state index in [0.29, 0.717) is 0 Å². The van der Waals surface area contributed by atoms with Gasteiger partial charge in [0.2, 0.25) is 0 Å². The van der Waals surface area contributed by atoms with Crippen LogP contribution in [0.25, 0.3) is 10.9 Å². The fourth-order valence-electron chi connectivity index (χ4n) is 2.74. The maximum Gasteiger partial charge on any atom is 0.162 e. The highest BCUT2D eigenvalue weighted by atomic mass is 79.9. The molecule has 0 spiro atoms. The molecule has 22 heavy (non-hydrogen) atoms. The van der Waals surface area contributed by atoms with Gasteiger partial charge in [-0.1, -0.05) is 45.7 Å². The fraction of sp³-hybridized carbons (Fsp3) is 0.167. The van der Waals surface area contributed by atoms with Crippen LogP contribution in [0.5, 0.6) is 0 Å². The first kappa shape index (κ1) is 15.3. The number of hydrogen-bond donors (Lipinski definition) is 1. The van der Waals surface area contributed by atoms with E-state index in [2.05, 4.69) is 20.9 Å². The van der Waals surface area contributed by atoms with Crippen molar-refractivity contribution in [1.82, 2.24) is 4.98 Å². The number of benzene rings is 2. The molecule has 2 nitrogen and oxygen atoms in total. The van der Waals surface area contributed by atoms with E-state index >= 15 is 0 Å². The summed E-state index contributed by atoms with van der Waals surface area (Å²) in [6, 6.07) is 13.8. The Morgan fingerprint density at radius 1 is 1.14 bits per heavy atom. The van der Waals surface area contributed by atoms with Crippen LogP contribution in [0.3, 0.4) is 0 Å². The third-order valence-corrected chi connectivity index (χ3v) is 4.51. The molecule has 0 atom stereocenters. The van der Waals surface area contributed by atoms with E-state index in [9.17, 15) is 4.79 Å². The number of aryl methyl sites for hydroxylation is 2. The molecule has 0 amide bonds. The predicted molar refractivity (Wildman–Crippen MR) is 94.9 cm³/mol. The van der Waals surface area contributed by atoms with Gasteiger partial charge in [-0.2, -0.15) is 0 Å². The fourth-order valence-corrected chi connectivity index (χ4v) is 3.22. The highest BCUT2D eigenvalue weighted by Crippen LogP contribution is 2.27. The Hall–Kier alpha value is -1.58. The van der Waals surface area contributed by atoms with Crippen molar-refractivity contribution in [2.24, 2.45) is 0 Å². The summed E-state index contributed by atoms with van der Waals surface area (Å²) in [5, 5.41) is 1.73. The summed E-state index contributed by atoms with van der Waals surface area (Å²) >= 11 is 9.38. The van der Waals surface area contributed by atoms with Gasteiger partial charge in [0.1, 0.15) is 0 Å². The number of ketones is 1. The lowest BCUT2D eigenvalue weighted by Crippen LogP contribution is -2.00. The second-order valence-electron chi connectivity index (χ2n) is 5.35. The third-order valence-electron chi connectivity index (χ3n) is 3.77. The van der Waals surface area contributed by atoms with Crippen molar-refractivity contribution in [3.63, 3.8) is 0 Å². The number of rotatable bonds is 4. The van der Waals surface area contributed by atoms with Crippen LogP contribution in [0.2, 0.25) is 5.02 Å². The van der Waals surface area contributed by atoms with E-state index in [1.807, 2.05) is 42.5 Å². The number of H-pyrrole nitrogens is 1. The average molecular weight is 377 g/mol. The second-order valence-corrected chi connectivity index (χ2v) is 6.70. The minimum absolute atomic E-state index is 0.0969. The van der Waals surface area contributed by atoms with Gasteiger partial charge in [-0.25, -0.2) is 0 Å². The van der Waals surface area contributed by atoms with Gasteiger partial charge in [0.25, 0.3) is 0 Å². The summed E-state index contributed by atoms with van der Waals surface area (Å²) in [4.78, 5) is 15.4. The van der Waals surface area contributed by atoms with Crippen LogP contribution in [0, 0.1) is 0 Å². The number of fused-ring (bicyclic) bond motifs is 1. The van der Waals surface area contributed by atoms with E-state index in [4.69, 9.17) is 11.6 Å². The van der Waals surface area contributed by atoms with Crippen molar-refractivity contribution in [3.8, 4) is 0 Å². The highest BCUT2D eigenvalue weighted by Gasteiger charge is 2.15. The molecule has 0 bridgehead atoms. The molecule has 0 unspecified atom stereocenters. The Kier molecular flexibility index (Phi) is 4.37. The summed E-state index contributed by atoms with van der Waals surface area (Å²) in [5.74, 6) is 0.0969. The molecule has 3 rings (SSSR count). The third kappa shape index (κ3) is 3.11. The summed E-state index contributed by atoms with van der Waals surface area (Å²) in [6.07, 6.45) is 1.66. The lowest BCUT2D eigenvalue weighted by atomic mass is 10.0. The molecule has 0 aliphatic carbocycles. The van der Waals surface area contributed by atoms with Crippen LogP contribution in [-0.4, -0.2) is 10.8 Å². The standard InChI is InChI=1S/C18H15BrClNO/c1-11(22)18-15-8-5-13(19)10-17(15)21-16(18)9-4-12-2-6-14(20)7-3-12/h2-3,5-8,10,21H,4,9H2,1H3. The van der Waals surface area contributed by atoms with Gasteiger partial charge in [-0.05, 0) is 49.6 Å². The molecule has 0 aliphatic rings. The second kappa shape index (κ2) is 6.27. The Labute approximate surface area is 142 Å². The molecule has 4 heteroatoms. The quantitative estimate of drug-likeness (QED) is 0.593. The van der Waals surface area contributed by atoms with Crippen molar-refractivity contribution in [3.05, 3.63) is 68.8 Å². The number of carbonyl (C=O) groups excluding carboxylic acids is 1. The van der Waals surface area contributed by atoms with Crippen molar-refractivity contribution in [1.29, 1.82) is 0 Å². The van der Waals surface area contributed by atoms with Crippen LogP contribution >= 0.6 is 27.5 Å². The predicted octanol–water partition coefficient (Wildman–Crippen LogP) is 5.57. The van der Waals surface area contributed by atoms with Gasteiger partial charge in [-0.3, -0.25) is 4.79 Å². The minimum Gasteiger partial charge on any atom is -0.358 e.